The lowest BCUT2D eigenvalue weighted by Gasteiger charge is -2.11. The highest BCUT2D eigenvalue weighted by Crippen LogP contribution is 2.08. The Balaban J connectivity index is 2.41. The van der Waals surface area contributed by atoms with Crippen LogP contribution in [0.25, 0.3) is 0 Å². The minimum Gasteiger partial charge on any atom is -0.490 e. The lowest BCUT2D eigenvalue weighted by atomic mass is 10.4. The van der Waals surface area contributed by atoms with E-state index in [0.29, 0.717) is 12.4 Å². The van der Waals surface area contributed by atoms with Crippen molar-refractivity contribution in [3.8, 4) is 5.75 Å². The number of halogens is 1. The Bertz CT molecular complexity index is 250. The lowest BCUT2D eigenvalue weighted by Crippen LogP contribution is -2.28. The van der Waals surface area contributed by atoms with E-state index in [-0.39, 0.29) is 6.04 Å². The summed E-state index contributed by atoms with van der Waals surface area (Å²) in [7, 11) is 1.86. The number of hydrogen-bond acceptors (Lipinski definition) is 3. The Kier molecular flexibility index (Phi) is 3.64. The van der Waals surface area contributed by atoms with Crippen LogP contribution in [0.2, 0.25) is 0 Å². The third kappa shape index (κ3) is 3.38. The van der Waals surface area contributed by atoms with Gasteiger partial charge in [-0.15, -0.1) is 0 Å². The quantitative estimate of drug-likeness (QED) is 0.714. The molecule has 72 valence electrons. The third-order valence-corrected chi connectivity index (χ3v) is 1.69. The number of aromatic nitrogens is 1. The highest BCUT2D eigenvalue weighted by atomic mass is 19.1. The Hall–Kier alpha value is -1.16. The van der Waals surface area contributed by atoms with Crippen LogP contribution in [0, 0.1) is 5.95 Å². The average molecular weight is 184 g/mol. The van der Waals surface area contributed by atoms with E-state index in [1.807, 2.05) is 14.0 Å². The number of pyridine rings is 1. The van der Waals surface area contributed by atoms with Crippen molar-refractivity contribution in [1.29, 1.82) is 0 Å². The van der Waals surface area contributed by atoms with Crippen molar-refractivity contribution in [3.63, 3.8) is 0 Å². The molecule has 0 fully saturated rings. The maximum absolute atomic E-state index is 12.4. The van der Waals surface area contributed by atoms with Crippen LogP contribution in [0.4, 0.5) is 4.39 Å². The average Bonchev–Trinajstić information content (AvgIpc) is 2.16. The van der Waals surface area contributed by atoms with Gasteiger partial charge < -0.3 is 10.1 Å². The highest BCUT2D eigenvalue weighted by molar-refractivity contribution is 5.16. The molecule has 0 aliphatic rings. The molecule has 1 atom stereocenters. The van der Waals surface area contributed by atoms with Crippen LogP contribution in [0.3, 0.4) is 0 Å². The molecule has 0 aliphatic carbocycles. The van der Waals surface area contributed by atoms with Crippen molar-refractivity contribution < 1.29 is 9.13 Å². The predicted molar refractivity (Wildman–Crippen MR) is 48.2 cm³/mol. The van der Waals surface area contributed by atoms with Gasteiger partial charge in [-0.25, -0.2) is 4.98 Å². The molecule has 1 aromatic rings. The monoisotopic (exact) mass is 184 g/mol. The SMILES string of the molecule is CN[C@@H](C)COc1ccc(F)nc1. The zero-order valence-electron chi connectivity index (χ0n) is 7.75. The van der Waals surface area contributed by atoms with Crippen LogP contribution in [0.5, 0.6) is 5.75 Å². The third-order valence-electron chi connectivity index (χ3n) is 1.69. The largest absolute Gasteiger partial charge is 0.490 e. The molecule has 0 saturated heterocycles. The van der Waals surface area contributed by atoms with Crippen LogP contribution >= 0.6 is 0 Å². The van der Waals surface area contributed by atoms with Gasteiger partial charge in [0.1, 0.15) is 12.4 Å². The summed E-state index contributed by atoms with van der Waals surface area (Å²) < 4.78 is 17.7. The summed E-state index contributed by atoms with van der Waals surface area (Å²) in [5, 5.41) is 3.03. The van der Waals surface area contributed by atoms with Crippen molar-refractivity contribution in [2.75, 3.05) is 13.7 Å². The molecule has 0 aromatic carbocycles. The molecule has 0 bridgehead atoms. The molecular weight excluding hydrogens is 171 g/mol. The first-order valence-electron chi connectivity index (χ1n) is 4.14. The summed E-state index contributed by atoms with van der Waals surface area (Å²) in [6, 6.07) is 3.11. The highest BCUT2D eigenvalue weighted by Gasteiger charge is 1.99. The summed E-state index contributed by atoms with van der Waals surface area (Å²) in [5.41, 5.74) is 0. The first kappa shape index (κ1) is 9.92. The van der Waals surface area contributed by atoms with E-state index in [1.165, 1.54) is 12.3 Å². The molecule has 3 nitrogen and oxygen atoms in total. The summed E-state index contributed by atoms with van der Waals surface area (Å²) in [6.45, 7) is 2.54. The lowest BCUT2D eigenvalue weighted by molar-refractivity contribution is 0.278. The number of nitrogens with zero attached hydrogens (tertiary/aromatic N) is 1. The fourth-order valence-electron chi connectivity index (χ4n) is 0.752. The second-order valence-corrected chi connectivity index (χ2v) is 2.82. The fraction of sp³-hybridized carbons (Fsp3) is 0.444. The van der Waals surface area contributed by atoms with Gasteiger partial charge in [-0.1, -0.05) is 0 Å². The van der Waals surface area contributed by atoms with Crippen LogP contribution < -0.4 is 10.1 Å². The van der Waals surface area contributed by atoms with E-state index in [9.17, 15) is 4.39 Å². The zero-order valence-corrected chi connectivity index (χ0v) is 7.75. The van der Waals surface area contributed by atoms with Gasteiger partial charge in [-0.05, 0) is 26.1 Å². The van der Waals surface area contributed by atoms with E-state index >= 15 is 0 Å². The predicted octanol–water partition coefficient (Wildman–Crippen LogP) is 1.21. The van der Waals surface area contributed by atoms with E-state index in [0.717, 1.165) is 0 Å². The second kappa shape index (κ2) is 4.77. The maximum atomic E-state index is 12.4. The van der Waals surface area contributed by atoms with E-state index in [4.69, 9.17) is 4.74 Å². The molecule has 1 N–H and O–H groups in total. The number of nitrogens with one attached hydrogen (secondary N) is 1. The molecule has 1 heterocycles. The smallest absolute Gasteiger partial charge is 0.213 e. The summed E-state index contributed by atoms with van der Waals surface area (Å²) in [5.74, 6) is 0.0949. The first-order valence-corrected chi connectivity index (χ1v) is 4.14. The van der Waals surface area contributed by atoms with Crippen molar-refractivity contribution >= 4 is 0 Å². The molecule has 4 heteroatoms. The van der Waals surface area contributed by atoms with Gasteiger partial charge in [0.25, 0.3) is 0 Å². The summed E-state index contributed by atoms with van der Waals surface area (Å²) >= 11 is 0. The van der Waals surface area contributed by atoms with Crippen molar-refractivity contribution in [1.82, 2.24) is 10.3 Å². The standard InChI is InChI=1S/C9H13FN2O/c1-7(11-2)6-13-8-3-4-9(10)12-5-8/h3-5,7,11H,6H2,1-2H3/t7-/m0/s1. The normalized spacial score (nSPS) is 12.5. The van der Waals surface area contributed by atoms with E-state index in [2.05, 4.69) is 10.3 Å². The Morgan fingerprint density at radius 3 is 2.92 bits per heavy atom. The van der Waals surface area contributed by atoms with Gasteiger partial charge in [-0.3, -0.25) is 0 Å². The first-order chi connectivity index (χ1) is 6.22. The van der Waals surface area contributed by atoms with Gasteiger partial charge in [0.2, 0.25) is 5.95 Å². The molecule has 0 radical (unpaired) electrons. The second-order valence-electron chi connectivity index (χ2n) is 2.82. The number of hydrogen-bond donors (Lipinski definition) is 1. The van der Waals surface area contributed by atoms with Crippen LogP contribution in [-0.4, -0.2) is 24.7 Å². The molecular formula is C9H13FN2O. The molecule has 13 heavy (non-hydrogen) atoms. The summed E-state index contributed by atoms with van der Waals surface area (Å²) in [6.07, 6.45) is 1.37. The van der Waals surface area contributed by atoms with Crippen LogP contribution in [0.1, 0.15) is 6.92 Å². The van der Waals surface area contributed by atoms with Gasteiger partial charge in [0, 0.05) is 6.04 Å². The molecule has 0 saturated carbocycles. The van der Waals surface area contributed by atoms with Gasteiger partial charge in [-0.2, -0.15) is 4.39 Å². The van der Waals surface area contributed by atoms with E-state index in [1.54, 1.807) is 6.07 Å². The molecule has 1 rings (SSSR count). The van der Waals surface area contributed by atoms with Gasteiger partial charge in [0.05, 0.1) is 6.20 Å². The molecule has 0 unspecified atom stereocenters. The number of likely N-dealkylation sites (N-methyl/N-ethyl adjacent to an activating group) is 1. The number of ether oxygens (including phenoxy) is 1. The zero-order chi connectivity index (χ0) is 9.68. The molecule has 0 amide bonds. The molecule has 0 spiro atoms. The Morgan fingerprint density at radius 2 is 2.38 bits per heavy atom. The van der Waals surface area contributed by atoms with Crippen LogP contribution in [0.15, 0.2) is 18.3 Å². The Morgan fingerprint density at radius 1 is 1.62 bits per heavy atom. The van der Waals surface area contributed by atoms with E-state index < -0.39 is 5.95 Å². The van der Waals surface area contributed by atoms with Crippen molar-refractivity contribution in [2.24, 2.45) is 0 Å². The molecule has 0 aliphatic heterocycles. The topological polar surface area (TPSA) is 34.1 Å². The fourth-order valence-corrected chi connectivity index (χ4v) is 0.752. The Labute approximate surface area is 76.9 Å². The minimum atomic E-state index is -0.492. The van der Waals surface area contributed by atoms with Crippen LogP contribution in [-0.2, 0) is 0 Å². The number of rotatable bonds is 4. The minimum absolute atomic E-state index is 0.269. The molecule has 1 aromatic heterocycles. The van der Waals surface area contributed by atoms with Crippen molar-refractivity contribution in [2.45, 2.75) is 13.0 Å². The van der Waals surface area contributed by atoms with Gasteiger partial charge in [0.15, 0.2) is 0 Å². The van der Waals surface area contributed by atoms with Gasteiger partial charge >= 0.3 is 0 Å². The maximum Gasteiger partial charge on any atom is 0.213 e. The van der Waals surface area contributed by atoms with Crippen molar-refractivity contribution in [3.05, 3.63) is 24.3 Å². The summed E-state index contributed by atoms with van der Waals surface area (Å²) in [4.78, 5) is 3.47.